The molecular formula is C23H27NO8S. The van der Waals surface area contributed by atoms with Crippen molar-refractivity contribution in [2.75, 3.05) is 42.7 Å². The molecule has 0 aromatic heterocycles. The lowest BCUT2D eigenvalue weighted by atomic mass is 10.1. The molecule has 0 fully saturated rings. The molecule has 0 bridgehead atoms. The molecule has 1 atom stereocenters. The van der Waals surface area contributed by atoms with Gasteiger partial charge in [-0.3, -0.25) is 9.52 Å². The van der Waals surface area contributed by atoms with Crippen LogP contribution in [-0.4, -0.2) is 52.8 Å². The first-order chi connectivity index (χ1) is 15.9. The predicted octanol–water partition coefficient (Wildman–Crippen LogP) is 3.20. The van der Waals surface area contributed by atoms with Gasteiger partial charge in [-0.2, -0.15) is 0 Å². The number of ether oxygens (including phenoxy) is 6. The fourth-order valence-electron chi connectivity index (χ4n) is 2.85. The lowest BCUT2D eigenvalue weighted by Gasteiger charge is -2.12. The molecule has 33 heavy (non-hydrogen) atoms. The van der Waals surface area contributed by atoms with Crippen molar-refractivity contribution in [1.82, 2.24) is 4.72 Å². The molecule has 2 aromatic rings. The van der Waals surface area contributed by atoms with Crippen molar-refractivity contribution in [1.29, 1.82) is 0 Å². The van der Waals surface area contributed by atoms with Gasteiger partial charge in [0.15, 0.2) is 0 Å². The number of amides is 1. The van der Waals surface area contributed by atoms with Crippen LogP contribution >= 0.6 is 0 Å². The maximum absolute atomic E-state index is 12.4. The fourth-order valence-corrected chi connectivity index (χ4v) is 3.44. The van der Waals surface area contributed by atoms with Crippen molar-refractivity contribution < 1.29 is 37.4 Å². The first-order valence-electron chi connectivity index (χ1n) is 9.58. The number of rotatable bonds is 11. The summed E-state index contributed by atoms with van der Waals surface area (Å²) in [5.74, 6) is 2.34. The van der Waals surface area contributed by atoms with E-state index in [0.29, 0.717) is 45.6 Å². The van der Waals surface area contributed by atoms with Crippen LogP contribution in [0.1, 0.15) is 11.1 Å². The molecule has 0 heterocycles. The van der Waals surface area contributed by atoms with E-state index in [1.165, 1.54) is 66.3 Å². The van der Waals surface area contributed by atoms with E-state index in [2.05, 4.69) is 4.72 Å². The van der Waals surface area contributed by atoms with Crippen molar-refractivity contribution >= 4 is 29.0 Å². The molecular weight excluding hydrogens is 450 g/mol. The van der Waals surface area contributed by atoms with E-state index in [1.807, 2.05) is 0 Å². The number of carbonyl (C=O) groups excluding carboxylic acids is 1. The smallest absolute Gasteiger partial charge is 0.255 e. The molecule has 0 spiro atoms. The van der Waals surface area contributed by atoms with Crippen molar-refractivity contribution in [3.8, 4) is 34.5 Å². The van der Waals surface area contributed by atoms with Gasteiger partial charge in [-0.05, 0) is 12.2 Å². The molecule has 0 aliphatic rings. The van der Waals surface area contributed by atoms with Gasteiger partial charge in [-0.15, -0.1) is 0 Å². The lowest BCUT2D eigenvalue weighted by molar-refractivity contribution is -0.114. The Kier molecular flexibility index (Phi) is 9.62. The minimum absolute atomic E-state index is 0.454. The van der Waals surface area contributed by atoms with Gasteiger partial charge in [-0.25, -0.2) is 4.21 Å². The first kappa shape index (κ1) is 25.6. The van der Waals surface area contributed by atoms with E-state index in [-0.39, 0.29) is 0 Å². The Morgan fingerprint density at radius 2 is 1.09 bits per heavy atom. The number of carbonyl (C=O) groups is 1. The Morgan fingerprint density at radius 3 is 1.45 bits per heavy atom. The highest BCUT2D eigenvalue weighted by atomic mass is 32.2. The van der Waals surface area contributed by atoms with E-state index >= 15 is 0 Å². The molecule has 2 aromatic carbocycles. The van der Waals surface area contributed by atoms with Crippen molar-refractivity contribution in [3.63, 3.8) is 0 Å². The van der Waals surface area contributed by atoms with Gasteiger partial charge in [0.1, 0.15) is 45.5 Å². The lowest BCUT2D eigenvalue weighted by Crippen LogP contribution is -2.21. The third-order valence-corrected chi connectivity index (χ3v) is 5.25. The van der Waals surface area contributed by atoms with Gasteiger partial charge in [-0.1, -0.05) is 0 Å². The second-order valence-corrected chi connectivity index (χ2v) is 7.36. The van der Waals surface area contributed by atoms with Crippen LogP contribution in [0.5, 0.6) is 34.5 Å². The minimum Gasteiger partial charge on any atom is -0.496 e. The molecule has 10 heteroatoms. The standard InChI is InChI=1S/C23H27NO8S/c1-27-15-11-19(29-3)17(20(12-15)30-4)7-8-23(25)24-33(26)10-9-18-21(31-5)13-16(28-2)14-22(18)32-6/h7-14H,1-6H3,(H,24,25)/b8-7+,10-9-. The van der Waals surface area contributed by atoms with Crippen molar-refractivity contribution in [2.45, 2.75) is 0 Å². The molecule has 0 aliphatic carbocycles. The molecule has 0 saturated carbocycles. The van der Waals surface area contributed by atoms with Crippen LogP contribution in [0.25, 0.3) is 12.2 Å². The normalized spacial score (nSPS) is 11.8. The second-order valence-electron chi connectivity index (χ2n) is 6.29. The van der Waals surface area contributed by atoms with Gasteiger partial charge in [0.05, 0.1) is 53.8 Å². The van der Waals surface area contributed by atoms with Gasteiger partial charge in [0.25, 0.3) is 5.91 Å². The Labute approximate surface area is 195 Å². The Morgan fingerprint density at radius 1 is 0.697 bits per heavy atom. The monoisotopic (exact) mass is 477 g/mol. The summed E-state index contributed by atoms with van der Waals surface area (Å²) in [5, 5.41) is 1.31. The molecule has 1 amide bonds. The number of methoxy groups -OCH3 is 6. The fraction of sp³-hybridized carbons (Fsp3) is 0.261. The average molecular weight is 478 g/mol. The summed E-state index contributed by atoms with van der Waals surface area (Å²) in [5.41, 5.74) is 1.08. The van der Waals surface area contributed by atoms with Gasteiger partial charge in [0, 0.05) is 35.7 Å². The van der Waals surface area contributed by atoms with Crippen molar-refractivity contribution in [3.05, 3.63) is 46.9 Å². The number of benzene rings is 2. The largest absolute Gasteiger partial charge is 0.496 e. The Balaban J connectivity index is 2.18. The van der Waals surface area contributed by atoms with Gasteiger partial charge >= 0.3 is 0 Å². The summed E-state index contributed by atoms with van der Waals surface area (Å²) in [6, 6.07) is 6.66. The topological polar surface area (TPSA) is 102 Å². The Hall–Kier alpha value is -3.66. The zero-order valence-corrected chi connectivity index (χ0v) is 20.1. The van der Waals surface area contributed by atoms with Crippen LogP contribution in [0, 0.1) is 0 Å². The third-order valence-electron chi connectivity index (χ3n) is 4.47. The van der Waals surface area contributed by atoms with E-state index < -0.39 is 16.9 Å². The van der Waals surface area contributed by atoms with Crippen molar-refractivity contribution in [2.24, 2.45) is 0 Å². The molecule has 2 rings (SSSR count). The van der Waals surface area contributed by atoms with Crippen LogP contribution in [0.2, 0.25) is 0 Å². The number of hydrogen-bond acceptors (Lipinski definition) is 8. The van der Waals surface area contributed by atoms with Crippen LogP contribution in [0.4, 0.5) is 0 Å². The second kappa shape index (κ2) is 12.4. The summed E-state index contributed by atoms with van der Waals surface area (Å²) in [7, 11) is 7.22. The van der Waals surface area contributed by atoms with E-state index in [1.54, 1.807) is 24.3 Å². The van der Waals surface area contributed by atoms with E-state index in [9.17, 15) is 9.00 Å². The molecule has 0 aliphatic heterocycles. The summed E-state index contributed by atoms with van der Waals surface area (Å²) in [6.07, 6.45) is 4.27. The molecule has 1 unspecified atom stereocenters. The molecule has 178 valence electrons. The van der Waals surface area contributed by atoms with Gasteiger partial charge in [0.2, 0.25) is 0 Å². The highest BCUT2D eigenvalue weighted by Crippen LogP contribution is 2.36. The minimum atomic E-state index is -1.81. The molecule has 1 N–H and O–H groups in total. The zero-order valence-electron chi connectivity index (χ0n) is 19.3. The first-order valence-corrected chi connectivity index (χ1v) is 10.8. The summed E-state index contributed by atoms with van der Waals surface area (Å²) < 4.78 is 46.5. The van der Waals surface area contributed by atoms with Gasteiger partial charge < -0.3 is 28.4 Å². The number of nitrogens with one attached hydrogen (secondary N) is 1. The SMILES string of the molecule is COc1cc(OC)c(/C=C\S(=O)NC(=O)/C=C/c2c(OC)cc(OC)cc2OC)c(OC)c1. The zero-order chi connectivity index (χ0) is 24.4. The van der Waals surface area contributed by atoms with E-state index in [0.717, 1.165) is 0 Å². The average Bonchev–Trinajstić information content (AvgIpc) is 2.84. The van der Waals surface area contributed by atoms with Crippen LogP contribution < -0.4 is 33.1 Å². The van der Waals surface area contributed by atoms with Crippen LogP contribution in [-0.2, 0) is 15.8 Å². The van der Waals surface area contributed by atoms with E-state index in [4.69, 9.17) is 28.4 Å². The highest BCUT2D eigenvalue weighted by Gasteiger charge is 2.13. The predicted molar refractivity (Wildman–Crippen MR) is 127 cm³/mol. The summed E-state index contributed by atoms with van der Waals surface area (Å²) in [6.45, 7) is 0. The highest BCUT2D eigenvalue weighted by molar-refractivity contribution is 7.86. The van der Waals surface area contributed by atoms with Crippen LogP contribution in [0.3, 0.4) is 0 Å². The third kappa shape index (κ3) is 6.66. The molecule has 0 radical (unpaired) electrons. The number of hydrogen-bond donors (Lipinski definition) is 1. The molecule has 9 nitrogen and oxygen atoms in total. The maximum atomic E-state index is 12.4. The Bertz CT molecular complexity index is 931. The van der Waals surface area contributed by atoms with Crippen LogP contribution in [0.15, 0.2) is 35.7 Å². The molecule has 0 saturated heterocycles. The quantitative estimate of drug-likeness (QED) is 0.493. The summed E-state index contributed by atoms with van der Waals surface area (Å²) in [4.78, 5) is 12.3. The summed E-state index contributed by atoms with van der Waals surface area (Å²) >= 11 is 0. The maximum Gasteiger partial charge on any atom is 0.255 e.